The Labute approximate surface area is 101 Å². The van der Waals surface area contributed by atoms with E-state index in [1.807, 2.05) is 49.0 Å². The van der Waals surface area contributed by atoms with Crippen molar-refractivity contribution >= 4 is 0 Å². The Morgan fingerprint density at radius 1 is 1.35 bits per heavy atom. The number of nitrogens with zero attached hydrogens (tertiary/aromatic N) is 2. The Kier molecular flexibility index (Phi) is 3.15. The molecule has 0 radical (unpaired) electrons. The highest BCUT2D eigenvalue weighted by Crippen LogP contribution is 2.25. The summed E-state index contributed by atoms with van der Waals surface area (Å²) in [6.07, 6.45) is 1.81. The second-order valence-electron chi connectivity index (χ2n) is 4.06. The molecule has 0 amide bonds. The van der Waals surface area contributed by atoms with Crippen molar-refractivity contribution in [2.24, 2.45) is 5.73 Å². The van der Waals surface area contributed by atoms with E-state index < -0.39 is 0 Å². The fraction of sp³-hybridized carbons (Fsp3) is 0.308. The van der Waals surface area contributed by atoms with Gasteiger partial charge in [-0.15, -0.1) is 0 Å². The van der Waals surface area contributed by atoms with Gasteiger partial charge in [-0.3, -0.25) is 0 Å². The molecule has 0 aliphatic heterocycles. The number of rotatable bonds is 3. The first-order chi connectivity index (χ1) is 8.15. The Balaban J connectivity index is 2.53. The largest absolute Gasteiger partial charge is 0.494 e. The van der Waals surface area contributed by atoms with Crippen LogP contribution in [0.2, 0.25) is 0 Å². The van der Waals surface area contributed by atoms with Crippen LogP contribution in [0, 0.1) is 6.92 Å². The van der Waals surface area contributed by atoms with Crippen LogP contribution in [-0.2, 0) is 0 Å². The van der Waals surface area contributed by atoms with Gasteiger partial charge in [0.2, 0.25) is 0 Å². The second-order valence-corrected chi connectivity index (χ2v) is 4.06. The maximum Gasteiger partial charge on any atom is 0.144 e. The van der Waals surface area contributed by atoms with Crippen LogP contribution >= 0.6 is 0 Å². The minimum Gasteiger partial charge on any atom is -0.494 e. The molecule has 2 N–H and O–H groups in total. The third-order valence-corrected chi connectivity index (χ3v) is 2.85. The van der Waals surface area contributed by atoms with Gasteiger partial charge in [0.1, 0.15) is 11.4 Å². The Morgan fingerprint density at radius 3 is 2.65 bits per heavy atom. The fourth-order valence-electron chi connectivity index (χ4n) is 1.92. The van der Waals surface area contributed by atoms with Crippen molar-refractivity contribution in [2.75, 3.05) is 7.11 Å². The average Bonchev–Trinajstić information content (AvgIpc) is 2.71. The third-order valence-electron chi connectivity index (χ3n) is 2.85. The molecule has 1 aromatic heterocycles. The van der Waals surface area contributed by atoms with E-state index in [-0.39, 0.29) is 6.04 Å². The standard InChI is InChI=1S/C13H17N3O/c1-9(14)11-8-15-16(10(11)2)12-6-4-5-7-13(12)17-3/h4-9H,14H2,1-3H3. The van der Waals surface area contributed by atoms with E-state index in [1.165, 1.54) is 0 Å². The zero-order valence-electron chi connectivity index (χ0n) is 10.3. The molecule has 0 aliphatic rings. The molecule has 0 saturated heterocycles. The molecule has 4 nitrogen and oxygen atoms in total. The maximum absolute atomic E-state index is 5.89. The van der Waals surface area contributed by atoms with E-state index in [9.17, 15) is 0 Å². The van der Waals surface area contributed by atoms with Gasteiger partial charge in [-0.1, -0.05) is 12.1 Å². The molecule has 2 aromatic rings. The minimum absolute atomic E-state index is 0.0153. The van der Waals surface area contributed by atoms with Crippen molar-refractivity contribution in [1.82, 2.24) is 9.78 Å². The second kappa shape index (κ2) is 4.59. The van der Waals surface area contributed by atoms with Gasteiger partial charge in [-0.25, -0.2) is 4.68 Å². The Hall–Kier alpha value is -1.81. The average molecular weight is 231 g/mol. The van der Waals surface area contributed by atoms with E-state index in [2.05, 4.69) is 5.10 Å². The molecule has 0 bridgehead atoms. The lowest BCUT2D eigenvalue weighted by Gasteiger charge is -2.11. The van der Waals surface area contributed by atoms with Crippen LogP contribution in [0.5, 0.6) is 5.75 Å². The molecule has 2 rings (SSSR count). The molecule has 1 aromatic carbocycles. The van der Waals surface area contributed by atoms with Crippen LogP contribution in [0.15, 0.2) is 30.5 Å². The summed E-state index contributed by atoms with van der Waals surface area (Å²) in [5, 5.41) is 4.37. The molecule has 1 unspecified atom stereocenters. The summed E-state index contributed by atoms with van der Waals surface area (Å²) in [5.74, 6) is 0.801. The van der Waals surface area contributed by atoms with Crippen LogP contribution in [-0.4, -0.2) is 16.9 Å². The van der Waals surface area contributed by atoms with Crippen LogP contribution in [0.3, 0.4) is 0 Å². The molecule has 1 heterocycles. The molecular weight excluding hydrogens is 214 g/mol. The number of aromatic nitrogens is 2. The molecular formula is C13H17N3O. The number of methoxy groups -OCH3 is 1. The summed E-state index contributed by atoms with van der Waals surface area (Å²) in [5.41, 5.74) is 8.92. The van der Waals surface area contributed by atoms with E-state index >= 15 is 0 Å². The quantitative estimate of drug-likeness (QED) is 0.881. The Bertz CT molecular complexity index is 517. The first-order valence-electron chi connectivity index (χ1n) is 5.58. The SMILES string of the molecule is COc1ccccc1-n1ncc(C(C)N)c1C. The highest BCUT2D eigenvalue weighted by Gasteiger charge is 2.13. The summed E-state index contributed by atoms with van der Waals surface area (Å²) in [7, 11) is 1.66. The predicted molar refractivity (Wildman–Crippen MR) is 67.5 cm³/mol. The van der Waals surface area contributed by atoms with Gasteiger partial charge in [-0.2, -0.15) is 5.10 Å². The number of ether oxygens (including phenoxy) is 1. The van der Waals surface area contributed by atoms with Crippen LogP contribution in [0.4, 0.5) is 0 Å². The molecule has 17 heavy (non-hydrogen) atoms. The molecule has 4 heteroatoms. The number of hydrogen-bond acceptors (Lipinski definition) is 3. The maximum atomic E-state index is 5.89. The first kappa shape index (κ1) is 11.7. The number of para-hydroxylation sites is 2. The van der Waals surface area contributed by atoms with Crippen molar-refractivity contribution in [2.45, 2.75) is 19.9 Å². The lowest BCUT2D eigenvalue weighted by atomic mass is 10.1. The summed E-state index contributed by atoms with van der Waals surface area (Å²) < 4.78 is 7.19. The molecule has 0 aliphatic carbocycles. The van der Waals surface area contributed by atoms with Crippen molar-refractivity contribution in [3.05, 3.63) is 41.7 Å². The van der Waals surface area contributed by atoms with Gasteiger partial charge in [0.05, 0.1) is 13.3 Å². The smallest absolute Gasteiger partial charge is 0.144 e. The topological polar surface area (TPSA) is 53.1 Å². The van der Waals surface area contributed by atoms with Crippen molar-refractivity contribution in [1.29, 1.82) is 0 Å². The highest BCUT2D eigenvalue weighted by molar-refractivity contribution is 5.47. The molecule has 1 atom stereocenters. The van der Waals surface area contributed by atoms with E-state index in [0.717, 1.165) is 22.7 Å². The van der Waals surface area contributed by atoms with Crippen LogP contribution in [0.25, 0.3) is 5.69 Å². The van der Waals surface area contributed by atoms with E-state index in [4.69, 9.17) is 10.5 Å². The lowest BCUT2D eigenvalue weighted by Crippen LogP contribution is -2.07. The normalized spacial score (nSPS) is 12.5. The fourth-order valence-corrected chi connectivity index (χ4v) is 1.92. The highest BCUT2D eigenvalue weighted by atomic mass is 16.5. The van der Waals surface area contributed by atoms with Crippen molar-refractivity contribution in [3.8, 4) is 11.4 Å². The lowest BCUT2D eigenvalue weighted by molar-refractivity contribution is 0.411. The summed E-state index contributed by atoms with van der Waals surface area (Å²) in [6, 6.07) is 7.78. The first-order valence-corrected chi connectivity index (χ1v) is 5.58. The predicted octanol–water partition coefficient (Wildman–Crippen LogP) is 2.21. The van der Waals surface area contributed by atoms with Gasteiger partial charge in [0, 0.05) is 17.3 Å². The Morgan fingerprint density at radius 2 is 2.06 bits per heavy atom. The van der Waals surface area contributed by atoms with Gasteiger partial charge < -0.3 is 10.5 Å². The molecule has 0 spiro atoms. The minimum atomic E-state index is -0.0153. The van der Waals surface area contributed by atoms with Crippen molar-refractivity contribution < 1.29 is 4.74 Å². The third kappa shape index (κ3) is 2.03. The van der Waals surface area contributed by atoms with Gasteiger partial charge in [0.15, 0.2) is 0 Å². The zero-order valence-corrected chi connectivity index (χ0v) is 10.3. The van der Waals surface area contributed by atoms with Gasteiger partial charge >= 0.3 is 0 Å². The van der Waals surface area contributed by atoms with E-state index in [0.29, 0.717) is 0 Å². The molecule has 90 valence electrons. The molecule has 0 fully saturated rings. The van der Waals surface area contributed by atoms with Crippen LogP contribution in [0.1, 0.15) is 24.2 Å². The zero-order chi connectivity index (χ0) is 12.4. The van der Waals surface area contributed by atoms with E-state index in [1.54, 1.807) is 7.11 Å². The monoisotopic (exact) mass is 231 g/mol. The number of hydrogen-bond donors (Lipinski definition) is 1. The summed E-state index contributed by atoms with van der Waals surface area (Å²) >= 11 is 0. The summed E-state index contributed by atoms with van der Waals surface area (Å²) in [4.78, 5) is 0. The van der Waals surface area contributed by atoms with Crippen molar-refractivity contribution in [3.63, 3.8) is 0 Å². The molecule has 0 saturated carbocycles. The van der Waals surface area contributed by atoms with Gasteiger partial charge in [0.25, 0.3) is 0 Å². The van der Waals surface area contributed by atoms with Gasteiger partial charge in [-0.05, 0) is 26.0 Å². The summed E-state index contributed by atoms with van der Waals surface area (Å²) in [6.45, 7) is 3.97. The van der Waals surface area contributed by atoms with Crippen LogP contribution < -0.4 is 10.5 Å². The number of benzene rings is 1. The number of nitrogens with two attached hydrogens (primary N) is 1.